The van der Waals surface area contributed by atoms with Crippen molar-refractivity contribution in [1.82, 2.24) is 15.3 Å². The summed E-state index contributed by atoms with van der Waals surface area (Å²) in [6.07, 6.45) is 7.13. The average molecular weight is 264 g/mol. The second-order valence-electron chi connectivity index (χ2n) is 4.58. The van der Waals surface area contributed by atoms with E-state index in [4.69, 9.17) is 0 Å². The lowest BCUT2D eigenvalue weighted by Gasteiger charge is -2.15. The third kappa shape index (κ3) is 5.24. The predicted molar refractivity (Wildman–Crippen MR) is 77.3 cm³/mol. The molecule has 0 saturated carbocycles. The van der Waals surface area contributed by atoms with Crippen LogP contribution in [0.15, 0.2) is 12.4 Å². The lowest BCUT2D eigenvalue weighted by molar-refractivity contribution is 0.0928. The van der Waals surface area contributed by atoms with Gasteiger partial charge in [-0.15, -0.1) is 0 Å². The summed E-state index contributed by atoms with van der Waals surface area (Å²) < 4.78 is 0. The van der Waals surface area contributed by atoms with Crippen LogP contribution in [0.2, 0.25) is 0 Å². The van der Waals surface area contributed by atoms with Gasteiger partial charge in [0.2, 0.25) is 0 Å². The van der Waals surface area contributed by atoms with Gasteiger partial charge in [0.25, 0.3) is 5.91 Å². The number of carbonyl (C=O) groups is 1. The van der Waals surface area contributed by atoms with Crippen molar-refractivity contribution in [2.24, 2.45) is 0 Å². The molecule has 1 aromatic heterocycles. The van der Waals surface area contributed by atoms with Crippen molar-refractivity contribution in [3.05, 3.63) is 18.1 Å². The fourth-order valence-electron chi connectivity index (χ4n) is 1.80. The summed E-state index contributed by atoms with van der Waals surface area (Å²) in [7, 11) is 0. The summed E-state index contributed by atoms with van der Waals surface area (Å²) in [6.45, 7) is 7.09. The number of nitrogens with zero attached hydrogens (tertiary/aromatic N) is 2. The Hall–Kier alpha value is -1.65. The SMILES string of the molecule is CCCNc1cncc(C(=O)NC(CC)CCC)n1. The van der Waals surface area contributed by atoms with E-state index in [0.717, 1.165) is 32.2 Å². The van der Waals surface area contributed by atoms with E-state index in [1.165, 1.54) is 6.20 Å². The quantitative estimate of drug-likeness (QED) is 0.757. The van der Waals surface area contributed by atoms with Gasteiger partial charge >= 0.3 is 0 Å². The van der Waals surface area contributed by atoms with Crippen molar-refractivity contribution in [2.75, 3.05) is 11.9 Å². The first-order valence-electron chi connectivity index (χ1n) is 7.08. The molecule has 1 rings (SSSR count). The minimum Gasteiger partial charge on any atom is -0.369 e. The molecule has 1 heterocycles. The Bertz CT molecular complexity index is 395. The maximum atomic E-state index is 12.1. The molecule has 0 bridgehead atoms. The third-order valence-corrected chi connectivity index (χ3v) is 2.89. The van der Waals surface area contributed by atoms with Crippen LogP contribution >= 0.6 is 0 Å². The van der Waals surface area contributed by atoms with E-state index in [1.807, 2.05) is 0 Å². The lowest BCUT2D eigenvalue weighted by atomic mass is 10.1. The second kappa shape index (κ2) is 8.45. The summed E-state index contributed by atoms with van der Waals surface area (Å²) in [5.41, 5.74) is 0.371. The van der Waals surface area contributed by atoms with Gasteiger partial charge in [-0.05, 0) is 19.3 Å². The fourth-order valence-corrected chi connectivity index (χ4v) is 1.80. The predicted octanol–water partition coefficient (Wildman–Crippen LogP) is 2.61. The highest BCUT2D eigenvalue weighted by Gasteiger charge is 2.13. The van der Waals surface area contributed by atoms with Crippen LogP contribution in [0.4, 0.5) is 5.82 Å². The summed E-state index contributed by atoms with van der Waals surface area (Å²) in [4.78, 5) is 20.4. The molecule has 19 heavy (non-hydrogen) atoms. The van der Waals surface area contributed by atoms with Gasteiger partial charge in [-0.2, -0.15) is 0 Å². The Morgan fingerprint density at radius 2 is 2.05 bits per heavy atom. The smallest absolute Gasteiger partial charge is 0.271 e. The highest BCUT2D eigenvalue weighted by atomic mass is 16.1. The molecule has 0 aliphatic carbocycles. The molecule has 0 spiro atoms. The molecular weight excluding hydrogens is 240 g/mol. The Morgan fingerprint density at radius 1 is 1.26 bits per heavy atom. The highest BCUT2D eigenvalue weighted by molar-refractivity contribution is 5.92. The van der Waals surface area contributed by atoms with Crippen LogP contribution in [0, 0.1) is 0 Å². The van der Waals surface area contributed by atoms with Gasteiger partial charge in [0, 0.05) is 12.6 Å². The standard InChI is InChI=1S/C14H24N4O/c1-4-7-11(6-3)17-14(19)12-9-15-10-13(18-12)16-8-5-2/h9-11H,4-8H2,1-3H3,(H,16,18)(H,17,19). The van der Waals surface area contributed by atoms with E-state index in [-0.39, 0.29) is 11.9 Å². The summed E-state index contributed by atoms with van der Waals surface area (Å²) in [5, 5.41) is 6.13. The summed E-state index contributed by atoms with van der Waals surface area (Å²) in [6, 6.07) is 0.214. The van der Waals surface area contributed by atoms with Crippen LogP contribution in [-0.2, 0) is 0 Å². The summed E-state index contributed by atoms with van der Waals surface area (Å²) in [5.74, 6) is 0.506. The van der Waals surface area contributed by atoms with Crippen LogP contribution in [0.25, 0.3) is 0 Å². The monoisotopic (exact) mass is 264 g/mol. The fraction of sp³-hybridized carbons (Fsp3) is 0.643. The van der Waals surface area contributed by atoms with E-state index in [0.29, 0.717) is 11.5 Å². The minimum atomic E-state index is -0.145. The first-order valence-corrected chi connectivity index (χ1v) is 7.08. The molecule has 0 saturated heterocycles. The normalized spacial score (nSPS) is 11.9. The van der Waals surface area contributed by atoms with Crippen molar-refractivity contribution in [3.8, 4) is 0 Å². The van der Waals surface area contributed by atoms with Gasteiger partial charge in [-0.1, -0.05) is 27.2 Å². The van der Waals surface area contributed by atoms with Gasteiger partial charge in [0.15, 0.2) is 0 Å². The van der Waals surface area contributed by atoms with E-state index < -0.39 is 0 Å². The van der Waals surface area contributed by atoms with E-state index in [9.17, 15) is 4.79 Å². The maximum absolute atomic E-state index is 12.1. The lowest BCUT2D eigenvalue weighted by Crippen LogP contribution is -2.34. The number of hydrogen-bond acceptors (Lipinski definition) is 4. The molecule has 2 N–H and O–H groups in total. The molecule has 0 aliphatic heterocycles. The van der Waals surface area contributed by atoms with Crippen LogP contribution in [0.1, 0.15) is 56.9 Å². The Morgan fingerprint density at radius 3 is 2.68 bits per heavy atom. The molecule has 1 amide bonds. The van der Waals surface area contributed by atoms with Crippen LogP contribution < -0.4 is 10.6 Å². The molecular formula is C14H24N4O. The van der Waals surface area contributed by atoms with Gasteiger partial charge in [0.05, 0.1) is 12.4 Å². The molecule has 0 radical (unpaired) electrons. The number of rotatable bonds is 8. The molecule has 106 valence electrons. The third-order valence-electron chi connectivity index (χ3n) is 2.89. The van der Waals surface area contributed by atoms with E-state index >= 15 is 0 Å². The van der Waals surface area contributed by atoms with Crippen molar-refractivity contribution in [2.45, 2.75) is 52.5 Å². The van der Waals surface area contributed by atoms with E-state index in [2.05, 4.69) is 41.4 Å². The van der Waals surface area contributed by atoms with Gasteiger partial charge in [0.1, 0.15) is 11.5 Å². The van der Waals surface area contributed by atoms with E-state index in [1.54, 1.807) is 6.20 Å². The molecule has 5 heteroatoms. The number of anilines is 1. The van der Waals surface area contributed by atoms with Crippen molar-refractivity contribution in [3.63, 3.8) is 0 Å². The molecule has 1 atom stereocenters. The molecule has 1 aromatic rings. The Labute approximate surface area is 115 Å². The number of amides is 1. The Kier molecular flexibility index (Phi) is 6.85. The van der Waals surface area contributed by atoms with Crippen LogP contribution in [0.3, 0.4) is 0 Å². The van der Waals surface area contributed by atoms with Crippen LogP contribution in [0.5, 0.6) is 0 Å². The summed E-state index contributed by atoms with van der Waals surface area (Å²) >= 11 is 0. The number of carbonyl (C=O) groups excluding carboxylic acids is 1. The maximum Gasteiger partial charge on any atom is 0.271 e. The second-order valence-corrected chi connectivity index (χ2v) is 4.58. The zero-order valence-corrected chi connectivity index (χ0v) is 12.1. The van der Waals surface area contributed by atoms with Gasteiger partial charge in [-0.25, -0.2) is 4.98 Å². The van der Waals surface area contributed by atoms with Crippen LogP contribution in [-0.4, -0.2) is 28.5 Å². The van der Waals surface area contributed by atoms with Crippen molar-refractivity contribution in [1.29, 1.82) is 0 Å². The molecule has 0 aromatic carbocycles. The Balaban J connectivity index is 2.65. The van der Waals surface area contributed by atoms with Gasteiger partial charge < -0.3 is 10.6 Å². The zero-order chi connectivity index (χ0) is 14.1. The number of hydrogen-bond donors (Lipinski definition) is 2. The average Bonchev–Trinajstić information content (AvgIpc) is 2.44. The first-order chi connectivity index (χ1) is 9.21. The zero-order valence-electron chi connectivity index (χ0n) is 12.1. The molecule has 5 nitrogen and oxygen atoms in total. The van der Waals surface area contributed by atoms with Crippen molar-refractivity contribution < 1.29 is 4.79 Å². The number of aromatic nitrogens is 2. The van der Waals surface area contributed by atoms with Crippen molar-refractivity contribution >= 4 is 11.7 Å². The number of nitrogens with one attached hydrogen (secondary N) is 2. The molecule has 0 aliphatic rings. The topological polar surface area (TPSA) is 66.9 Å². The van der Waals surface area contributed by atoms with Gasteiger partial charge in [-0.3, -0.25) is 9.78 Å². The molecule has 1 unspecified atom stereocenters. The largest absolute Gasteiger partial charge is 0.369 e. The highest BCUT2D eigenvalue weighted by Crippen LogP contribution is 2.05. The first kappa shape index (κ1) is 15.4. The minimum absolute atomic E-state index is 0.145. The molecule has 0 fully saturated rings.